The van der Waals surface area contributed by atoms with Gasteiger partial charge in [0, 0.05) is 25.5 Å². The summed E-state index contributed by atoms with van der Waals surface area (Å²) in [4.78, 5) is 4.31. The molecule has 3 rings (SSSR count). The summed E-state index contributed by atoms with van der Waals surface area (Å²) in [6, 6.07) is 9.45. The number of hydrogen-bond donors (Lipinski definition) is 0. The van der Waals surface area contributed by atoms with Crippen LogP contribution in [-0.4, -0.2) is 37.9 Å². The summed E-state index contributed by atoms with van der Waals surface area (Å²) in [6.45, 7) is 7.30. The first-order valence-corrected chi connectivity index (χ1v) is 10.7. The highest BCUT2D eigenvalue weighted by Crippen LogP contribution is 2.34. The molecule has 1 unspecified atom stereocenters. The van der Waals surface area contributed by atoms with E-state index >= 15 is 0 Å². The van der Waals surface area contributed by atoms with E-state index in [-0.39, 0.29) is 10.3 Å². The fourth-order valence-electron chi connectivity index (χ4n) is 3.52. The summed E-state index contributed by atoms with van der Waals surface area (Å²) in [5.41, 5.74) is 2.04. The number of methoxy groups -OCH3 is 1. The van der Waals surface area contributed by atoms with Crippen LogP contribution in [0.4, 0.5) is 0 Å². The van der Waals surface area contributed by atoms with E-state index in [1.54, 1.807) is 28.8 Å². The maximum absolute atomic E-state index is 13.3. The summed E-state index contributed by atoms with van der Waals surface area (Å²) in [5.74, 6) is 0.722. The van der Waals surface area contributed by atoms with Crippen molar-refractivity contribution in [2.75, 3.05) is 20.2 Å². The molecule has 0 N–H and O–H groups in total. The van der Waals surface area contributed by atoms with Gasteiger partial charge in [0.15, 0.2) is 0 Å². The molecule has 27 heavy (non-hydrogen) atoms. The summed E-state index contributed by atoms with van der Waals surface area (Å²) in [6.07, 6.45) is 5.29. The molecular formula is C21H28N2O3S. The summed E-state index contributed by atoms with van der Waals surface area (Å²) in [7, 11) is -2.08. The molecule has 1 aromatic carbocycles. The molecule has 0 bridgehead atoms. The van der Waals surface area contributed by atoms with E-state index in [4.69, 9.17) is 4.74 Å². The second kappa shape index (κ2) is 7.60. The maximum Gasteiger partial charge on any atom is 0.246 e. The van der Waals surface area contributed by atoms with Crippen molar-refractivity contribution in [3.8, 4) is 5.75 Å². The van der Waals surface area contributed by atoms with Gasteiger partial charge in [-0.25, -0.2) is 8.42 Å². The molecule has 5 nitrogen and oxygen atoms in total. The summed E-state index contributed by atoms with van der Waals surface area (Å²) in [5, 5.41) is 0. The molecule has 1 aliphatic heterocycles. The Balaban J connectivity index is 1.84. The van der Waals surface area contributed by atoms with Gasteiger partial charge in [-0.3, -0.25) is 4.98 Å². The molecule has 0 spiro atoms. The molecule has 1 aliphatic rings. The van der Waals surface area contributed by atoms with Crippen LogP contribution in [0.2, 0.25) is 0 Å². The second-order valence-electron chi connectivity index (χ2n) is 8.19. The van der Waals surface area contributed by atoms with Crippen molar-refractivity contribution in [1.82, 2.24) is 9.29 Å². The van der Waals surface area contributed by atoms with Crippen molar-refractivity contribution < 1.29 is 13.2 Å². The van der Waals surface area contributed by atoms with Crippen LogP contribution < -0.4 is 4.74 Å². The van der Waals surface area contributed by atoms with Crippen LogP contribution in [0.1, 0.15) is 38.3 Å². The lowest BCUT2D eigenvalue weighted by Gasteiger charge is -2.23. The fraction of sp³-hybridized carbons (Fsp3) is 0.476. The van der Waals surface area contributed by atoms with Gasteiger partial charge in [-0.05, 0) is 59.6 Å². The van der Waals surface area contributed by atoms with Gasteiger partial charge in [0.05, 0.1) is 7.11 Å². The lowest BCUT2D eigenvalue weighted by molar-refractivity contribution is 0.396. The minimum absolute atomic E-state index is 0.134. The first-order chi connectivity index (χ1) is 12.7. The highest BCUT2D eigenvalue weighted by Gasteiger charge is 2.35. The lowest BCUT2D eigenvalue weighted by atomic mass is 9.87. The molecule has 146 valence electrons. The van der Waals surface area contributed by atoms with E-state index < -0.39 is 10.0 Å². The Labute approximate surface area is 162 Å². The van der Waals surface area contributed by atoms with Gasteiger partial charge in [-0.1, -0.05) is 26.8 Å². The number of nitrogens with zero attached hydrogens (tertiary/aromatic N) is 2. The standard InChI is InChI=1S/C21H28N2O3S/c1-21(2,3)18-5-6-19(26-4)20(14-18)27(24,25)23-12-9-17(15-23)13-16-7-10-22-11-8-16/h5-8,10-11,14,17H,9,12-13,15H2,1-4H3. The van der Waals surface area contributed by atoms with Crippen LogP contribution in [0, 0.1) is 5.92 Å². The molecule has 0 amide bonds. The van der Waals surface area contributed by atoms with Crippen LogP contribution in [-0.2, 0) is 21.9 Å². The molecule has 2 heterocycles. The van der Waals surface area contributed by atoms with Gasteiger partial charge >= 0.3 is 0 Å². The number of pyridine rings is 1. The van der Waals surface area contributed by atoms with Crippen molar-refractivity contribution in [2.45, 2.75) is 43.9 Å². The number of benzene rings is 1. The zero-order valence-electron chi connectivity index (χ0n) is 16.5. The molecule has 0 aliphatic carbocycles. The minimum atomic E-state index is -3.59. The molecule has 1 fully saturated rings. The first-order valence-electron chi connectivity index (χ1n) is 9.29. The van der Waals surface area contributed by atoms with Crippen LogP contribution in [0.15, 0.2) is 47.6 Å². The number of ether oxygens (including phenoxy) is 1. The third-order valence-electron chi connectivity index (χ3n) is 5.17. The molecule has 0 radical (unpaired) electrons. The first kappa shape index (κ1) is 19.8. The van der Waals surface area contributed by atoms with Crippen molar-refractivity contribution in [3.63, 3.8) is 0 Å². The van der Waals surface area contributed by atoms with Crippen molar-refractivity contribution >= 4 is 10.0 Å². The largest absolute Gasteiger partial charge is 0.495 e. The van der Waals surface area contributed by atoms with E-state index in [9.17, 15) is 8.42 Å². The van der Waals surface area contributed by atoms with Crippen molar-refractivity contribution in [3.05, 3.63) is 53.9 Å². The SMILES string of the molecule is COc1ccc(C(C)(C)C)cc1S(=O)(=O)N1CCC(Cc2ccncc2)C1. The molecular weight excluding hydrogens is 360 g/mol. The Bertz CT molecular complexity index is 889. The van der Waals surface area contributed by atoms with Gasteiger partial charge in [-0.2, -0.15) is 4.31 Å². The van der Waals surface area contributed by atoms with E-state index in [0.717, 1.165) is 18.4 Å². The fourth-order valence-corrected chi connectivity index (χ4v) is 5.23. The Morgan fingerprint density at radius 1 is 1.19 bits per heavy atom. The predicted octanol–water partition coefficient (Wildman–Crippen LogP) is 3.64. The van der Waals surface area contributed by atoms with E-state index in [1.807, 2.05) is 18.2 Å². The average molecular weight is 389 g/mol. The summed E-state index contributed by atoms with van der Waals surface area (Å²) < 4.78 is 33.6. The van der Waals surface area contributed by atoms with Crippen LogP contribution in [0.5, 0.6) is 5.75 Å². The number of rotatable bonds is 5. The quantitative estimate of drug-likeness (QED) is 0.785. The Kier molecular flexibility index (Phi) is 5.58. The van der Waals surface area contributed by atoms with E-state index in [1.165, 1.54) is 12.7 Å². The van der Waals surface area contributed by atoms with Crippen molar-refractivity contribution in [1.29, 1.82) is 0 Å². The Morgan fingerprint density at radius 3 is 2.52 bits per heavy atom. The molecule has 2 aromatic rings. The van der Waals surface area contributed by atoms with E-state index in [0.29, 0.717) is 24.8 Å². The highest BCUT2D eigenvalue weighted by molar-refractivity contribution is 7.89. The number of hydrogen-bond acceptors (Lipinski definition) is 4. The van der Waals surface area contributed by atoms with Gasteiger partial charge < -0.3 is 4.74 Å². The lowest BCUT2D eigenvalue weighted by Crippen LogP contribution is -2.30. The Hall–Kier alpha value is -1.92. The average Bonchev–Trinajstić information content (AvgIpc) is 3.10. The third-order valence-corrected chi connectivity index (χ3v) is 7.06. The number of sulfonamides is 1. The zero-order valence-corrected chi connectivity index (χ0v) is 17.3. The molecule has 0 saturated carbocycles. The molecule has 1 saturated heterocycles. The number of aromatic nitrogens is 1. The predicted molar refractivity (Wildman–Crippen MR) is 107 cm³/mol. The van der Waals surface area contributed by atoms with E-state index in [2.05, 4.69) is 25.8 Å². The van der Waals surface area contributed by atoms with Crippen LogP contribution >= 0.6 is 0 Å². The molecule has 6 heteroatoms. The van der Waals surface area contributed by atoms with Crippen LogP contribution in [0.25, 0.3) is 0 Å². The molecule has 1 aromatic heterocycles. The monoisotopic (exact) mass is 388 g/mol. The maximum atomic E-state index is 13.3. The highest BCUT2D eigenvalue weighted by atomic mass is 32.2. The second-order valence-corrected chi connectivity index (χ2v) is 10.1. The van der Waals surface area contributed by atoms with Crippen molar-refractivity contribution in [2.24, 2.45) is 5.92 Å². The Morgan fingerprint density at radius 2 is 1.89 bits per heavy atom. The smallest absolute Gasteiger partial charge is 0.246 e. The summed E-state index contributed by atoms with van der Waals surface area (Å²) >= 11 is 0. The van der Waals surface area contributed by atoms with Gasteiger partial charge in [0.2, 0.25) is 10.0 Å². The molecule has 1 atom stereocenters. The van der Waals surface area contributed by atoms with Crippen LogP contribution in [0.3, 0.4) is 0 Å². The minimum Gasteiger partial charge on any atom is -0.495 e. The zero-order chi connectivity index (χ0) is 19.7. The van der Waals surface area contributed by atoms with Gasteiger partial charge in [0.25, 0.3) is 0 Å². The normalized spacial score (nSPS) is 18.6. The topological polar surface area (TPSA) is 59.5 Å². The third kappa shape index (κ3) is 4.33. The van der Waals surface area contributed by atoms with Gasteiger partial charge in [0.1, 0.15) is 10.6 Å². The van der Waals surface area contributed by atoms with Gasteiger partial charge in [-0.15, -0.1) is 0 Å².